The Morgan fingerprint density at radius 1 is 1.00 bits per heavy atom. The third-order valence-corrected chi connectivity index (χ3v) is 8.19. The number of nitrogens with one attached hydrogen (secondary N) is 1. The smallest absolute Gasteiger partial charge is 0.305 e. The first kappa shape index (κ1) is 35.0. The van der Waals surface area contributed by atoms with E-state index in [2.05, 4.69) is 4.90 Å². The average molecular weight is 642 g/mol. The standard InChI is InChI=1S/C35H48FN3O7/c1-7-43-28-19-23-20-39(34(37)30(23)31(36)33(28)45-9-3)21-27(41)22-17-25(35(4,5)6)32(46-16-10-11-29(42)44-8-2)26(18-22)38-14-12-24(40)13-15-38/h17-19,24,37,40H,7-16,20-21H2,1-6H3. The maximum absolute atomic E-state index is 15.6. The molecule has 0 aromatic heterocycles. The minimum absolute atomic E-state index is 0.0232. The lowest BCUT2D eigenvalue weighted by Crippen LogP contribution is -2.36. The van der Waals surface area contributed by atoms with Crippen LogP contribution in [-0.4, -0.2) is 79.8 Å². The van der Waals surface area contributed by atoms with Crippen molar-refractivity contribution in [2.45, 2.75) is 85.3 Å². The van der Waals surface area contributed by atoms with Crippen LogP contribution in [-0.2, 0) is 21.5 Å². The molecular formula is C35H48FN3O7. The summed E-state index contributed by atoms with van der Waals surface area (Å²) in [7, 11) is 0. The second-order valence-electron chi connectivity index (χ2n) is 12.6. The molecule has 0 atom stereocenters. The molecule has 2 aromatic carbocycles. The molecule has 1 saturated heterocycles. The third-order valence-electron chi connectivity index (χ3n) is 8.19. The summed E-state index contributed by atoms with van der Waals surface area (Å²) < 4.78 is 38.2. The van der Waals surface area contributed by atoms with E-state index in [1.54, 1.807) is 31.7 Å². The van der Waals surface area contributed by atoms with Gasteiger partial charge in [0.25, 0.3) is 0 Å². The molecule has 11 heteroatoms. The molecule has 46 heavy (non-hydrogen) atoms. The number of hydrogen-bond acceptors (Lipinski definition) is 9. The largest absolute Gasteiger partial charge is 0.491 e. The fourth-order valence-electron chi connectivity index (χ4n) is 5.87. The number of rotatable bonds is 14. The van der Waals surface area contributed by atoms with E-state index in [0.29, 0.717) is 69.0 Å². The SMILES string of the molecule is CCOC(=O)CCCOc1c(N2CCC(O)CC2)cc(C(=O)CN2Cc3cc(OCC)c(OCC)c(F)c3C2=N)cc1C(C)(C)C. The fraction of sp³-hybridized carbons (Fsp3) is 0.571. The number of fused-ring (bicyclic) bond motifs is 1. The first-order valence-electron chi connectivity index (χ1n) is 16.3. The Morgan fingerprint density at radius 3 is 2.33 bits per heavy atom. The van der Waals surface area contributed by atoms with Crippen molar-refractivity contribution in [3.8, 4) is 17.2 Å². The fourth-order valence-corrected chi connectivity index (χ4v) is 5.87. The highest BCUT2D eigenvalue weighted by molar-refractivity contribution is 6.06. The van der Waals surface area contributed by atoms with Crippen molar-refractivity contribution >= 4 is 23.3 Å². The zero-order valence-corrected chi connectivity index (χ0v) is 28.0. The van der Waals surface area contributed by atoms with E-state index < -0.39 is 11.2 Å². The molecule has 0 radical (unpaired) electrons. The van der Waals surface area contributed by atoms with Gasteiger partial charge in [0.15, 0.2) is 23.1 Å². The van der Waals surface area contributed by atoms with Crippen molar-refractivity contribution in [3.05, 3.63) is 46.3 Å². The number of aliphatic hydroxyl groups is 1. The summed E-state index contributed by atoms with van der Waals surface area (Å²) in [6, 6.07) is 5.36. The molecule has 0 spiro atoms. The molecule has 2 N–H and O–H groups in total. The summed E-state index contributed by atoms with van der Waals surface area (Å²) in [5.74, 6) is -0.309. The van der Waals surface area contributed by atoms with Crippen LogP contribution in [0, 0.1) is 11.2 Å². The minimum Gasteiger partial charge on any atom is -0.491 e. The maximum Gasteiger partial charge on any atom is 0.305 e. The van der Waals surface area contributed by atoms with Crippen molar-refractivity contribution < 1.29 is 38.0 Å². The Balaban J connectivity index is 1.65. The van der Waals surface area contributed by atoms with Gasteiger partial charge in [-0.25, -0.2) is 4.39 Å². The molecule has 0 aliphatic carbocycles. The molecule has 252 valence electrons. The summed E-state index contributed by atoms with van der Waals surface area (Å²) in [4.78, 5) is 29.6. The lowest BCUT2D eigenvalue weighted by molar-refractivity contribution is -0.143. The summed E-state index contributed by atoms with van der Waals surface area (Å²) in [6.45, 7) is 13.9. The Bertz CT molecular complexity index is 1430. The molecule has 0 amide bonds. The third kappa shape index (κ3) is 7.92. The molecule has 2 aliphatic heterocycles. The Hall–Kier alpha value is -3.86. The van der Waals surface area contributed by atoms with Gasteiger partial charge in [-0.05, 0) is 69.2 Å². The first-order chi connectivity index (χ1) is 21.9. The van der Waals surface area contributed by atoms with Gasteiger partial charge in [-0.15, -0.1) is 0 Å². The molecule has 0 unspecified atom stereocenters. The summed E-state index contributed by atoms with van der Waals surface area (Å²) in [6.07, 6.45) is 1.52. The molecule has 2 aliphatic rings. The van der Waals surface area contributed by atoms with E-state index in [1.165, 1.54) is 0 Å². The van der Waals surface area contributed by atoms with Crippen LogP contribution >= 0.6 is 0 Å². The number of esters is 1. The highest BCUT2D eigenvalue weighted by Gasteiger charge is 2.34. The van der Waals surface area contributed by atoms with Crippen LogP contribution in [0.4, 0.5) is 10.1 Å². The monoisotopic (exact) mass is 641 g/mol. The Morgan fingerprint density at radius 2 is 1.70 bits per heavy atom. The van der Waals surface area contributed by atoms with E-state index in [1.807, 2.05) is 32.9 Å². The Kier molecular flexibility index (Phi) is 11.5. The van der Waals surface area contributed by atoms with Crippen LogP contribution < -0.4 is 19.1 Å². The van der Waals surface area contributed by atoms with Crippen molar-refractivity contribution in [1.82, 2.24) is 4.90 Å². The van der Waals surface area contributed by atoms with E-state index in [0.717, 1.165) is 11.3 Å². The number of benzene rings is 2. The summed E-state index contributed by atoms with van der Waals surface area (Å²) in [5.41, 5.74) is 2.34. The second-order valence-corrected chi connectivity index (χ2v) is 12.6. The molecule has 2 heterocycles. The number of Topliss-reactive ketones (excluding diaryl/α,β-unsaturated/α-hetero) is 1. The van der Waals surface area contributed by atoms with Crippen molar-refractivity contribution in [2.75, 3.05) is 51.0 Å². The molecule has 4 rings (SSSR count). The van der Waals surface area contributed by atoms with E-state index in [4.69, 9.17) is 24.4 Å². The number of piperidine rings is 1. The van der Waals surface area contributed by atoms with Crippen LogP contribution in [0.15, 0.2) is 18.2 Å². The quantitative estimate of drug-likeness (QED) is 0.154. The predicted octanol–water partition coefficient (Wildman–Crippen LogP) is 5.63. The van der Waals surface area contributed by atoms with E-state index in [-0.39, 0.29) is 66.9 Å². The lowest BCUT2D eigenvalue weighted by Gasteiger charge is -2.35. The Labute approximate surface area is 271 Å². The number of carbonyl (C=O) groups excluding carboxylic acids is 2. The van der Waals surface area contributed by atoms with Crippen molar-refractivity contribution in [2.24, 2.45) is 0 Å². The molecule has 10 nitrogen and oxygen atoms in total. The number of ether oxygens (including phenoxy) is 4. The minimum atomic E-state index is -0.656. The van der Waals surface area contributed by atoms with Crippen LogP contribution in [0.2, 0.25) is 0 Å². The average Bonchev–Trinajstić information content (AvgIpc) is 3.31. The highest BCUT2D eigenvalue weighted by Crippen LogP contribution is 2.42. The van der Waals surface area contributed by atoms with Gasteiger partial charge in [0, 0.05) is 37.2 Å². The number of nitrogens with zero attached hydrogens (tertiary/aromatic N) is 2. The number of carbonyl (C=O) groups is 2. The van der Waals surface area contributed by atoms with Crippen molar-refractivity contribution in [3.63, 3.8) is 0 Å². The second kappa shape index (κ2) is 15.2. The van der Waals surface area contributed by atoms with Gasteiger partial charge >= 0.3 is 5.97 Å². The highest BCUT2D eigenvalue weighted by atomic mass is 19.1. The zero-order valence-electron chi connectivity index (χ0n) is 28.0. The molecular weight excluding hydrogens is 593 g/mol. The van der Waals surface area contributed by atoms with E-state index >= 15 is 4.39 Å². The number of amidine groups is 1. The number of ketones is 1. The summed E-state index contributed by atoms with van der Waals surface area (Å²) >= 11 is 0. The van der Waals surface area contributed by atoms with Crippen molar-refractivity contribution in [1.29, 1.82) is 5.41 Å². The number of hydrogen-bond donors (Lipinski definition) is 2. The van der Waals surface area contributed by atoms with Gasteiger partial charge in [0.05, 0.1) is 50.3 Å². The van der Waals surface area contributed by atoms with Gasteiger partial charge in [0.1, 0.15) is 11.6 Å². The van der Waals surface area contributed by atoms with E-state index in [9.17, 15) is 14.7 Å². The predicted molar refractivity (Wildman–Crippen MR) is 174 cm³/mol. The molecule has 1 fully saturated rings. The van der Waals surface area contributed by atoms with Crippen LogP contribution in [0.5, 0.6) is 17.2 Å². The van der Waals surface area contributed by atoms with Gasteiger partial charge in [-0.2, -0.15) is 0 Å². The van der Waals surface area contributed by atoms with Gasteiger partial charge < -0.3 is 33.9 Å². The topological polar surface area (TPSA) is 122 Å². The van der Waals surface area contributed by atoms with Gasteiger partial charge in [-0.1, -0.05) is 20.8 Å². The van der Waals surface area contributed by atoms with Crippen LogP contribution in [0.1, 0.15) is 94.3 Å². The number of anilines is 1. The summed E-state index contributed by atoms with van der Waals surface area (Å²) in [5, 5.41) is 19.0. The lowest BCUT2D eigenvalue weighted by atomic mass is 9.84. The number of halogens is 1. The molecule has 0 bridgehead atoms. The normalized spacial score (nSPS) is 15.2. The zero-order chi connectivity index (χ0) is 33.6. The maximum atomic E-state index is 15.6. The van der Waals surface area contributed by atoms with Gasteiger partial charge in [-0.3, -0.25) is 15.0 Å². The number of aliphatic hydroxyl groups excluding tert-OH is 1. The van der Waals surface area contributed by atoms with Gasteiger partial charge in [0.2, 0.25) is 0 Å². The van der Waals surface area contributed by atoms with Crippen LogP contribution in [0.25, 0.3) is 0 Å². The van der Waals surface area contributed by atoms with Crippen LogP contribution in [0.3, 0.4) is 0 Å². The first-order valence-corrected chi connectivity index (χ1v) is 16.3. The molecule has 2 aromatic rings. The molecule has 0 saturated carbocycles.